The number of piperidine rings is 1. The first kappa shape index (κ1) is 12.2. The first-order valence-corrected chi connectivity index (χ1v) is 6.60. The molecule has 0 spiro atoms. The average Bonchev–Trinajstić information content (AvgIpc) is 2.48. The summed E-state index contributed by atoms with van der Waals surface area (Å²) in [6, 6.07) is 9.04. The molecule has 3 aliphatic rings. The van der Waals surface area contributed by atoms with Gasteiger partial charge in [0.1, 0.15) is 5.75 Å². The third-order valence-electron chi connectivity index (χ3n) is 3.88. The Morgan fingerprint density at radius 1 is 1.32 bits per heavy atom. The minimum atomic E-state index is -0.330. The first-order chi connectivity index (χ1) is 9.28. The van der Waals surface area contributed by atoms with E-state index >= 15 is 0 Å². The summed E-state index contributed by atoms with van der Waals surface area (Å²) in [5.74, 6) is 1.02. The van der Waals surface area contributed by atoms with Gasteiger partial charge in [0.05, 0.1) is 6.04 Å². The van der Waals surface area contributed by atoms with Gasteiger partial charge in [0.25, 0.3) is 0 Å². The van der Waals surface area contributed by atoms with Crippen molar-refractivity contribution in [1.29, 1.82) is 0 Å². The SMILES string of the molecule is O=C(Oc1ccccc1)N1CC2C=CC1[C@@H](CO)C2. The molecule has 1 fully saturated rings. The highest BCUT2D eigenvalue weighted by molar-refractivity contribution is 5.72. The van der Waals surface area contributed by atoms with Crippen LogP contribution in [0.15, 0.2) is 42.5 Å². The summed E-state index contributed by atoms with van der Waals surface area (Å²) in [4.78, 5) is 13.9. The van der Waals surface area contributed by atoms with Gasteiger partial charge in [-0.2, -0.15) is 0 Å². The Bertz CT molecular complexity index is 485. The fraction of sp³-hybridized carbons (Fsp3) is 0.400. The van der Waals surface area contributed by atoms with Crippen LogP contribution in [0.2, 0.25) is 0 Å². The molecule has 1 aliphatic carbocycles. The molecular formula is C15H17NO3. The lowest BCUT2D eigenvalue weighted by Crippen LogP contribution is -2.54. The summed E-state index contributed by atoms with van der Waals surface area (Å²) in [6.45, 7) is 0.796. The second-order valence-corrected chi connectivity index (χ2v) is 5.15. The smallest absolute Gasteiger partial charge is 0.410 e. The van der Waals surface area contributed by atoms with Crippen LogP contribution in [0, 0.1) is 11.8 Å². The zero-order chi connectivity index (χ0) is 13.2. The molecule has 1 aromatic carbocycles. The van der Waals surface area contributed by atoms with Crippen LogP contribution in [-0.4, -0.2) is 35.3 Å². The van der Waals surface area contributed by atoms with Gasteiger partial charge < -0.3 is 14.7 Å². The molecule has 4 rings (SSSR count). The second-order valence-electron chi connectivity index (χ2n) is 5.15. The number of amides is 1. The molecule has 2 bridgehead atoms. The maximum atomic E-state index is 12.2. The predicted molar refractivity (Wildman–Crippen MR) is 70.8 cm³/mol. The standard InChI is InChI=1S/C15H17NO3/c17-10-12-8-11-6-7-14(12)16(9-11)15(18)19-13-4-2-1-3-5-13/h1-7,11-12,14,17H,8-10H2/t11?,12-,14?/m1/s1. The van der Waals surface area contributed by atoms with Gasteiger partial charge in [-0.15, -0.1) is 0 Å². The number of ether oxygens (including phenoxy) is 1. The van der Waals surface area contributed by atoms with Crippen LogP contribution in [0.3, 0.4) is 0 Å². The molecule has 2 aliphatic heterocycles. The molecule has 100 valence electrons. The van der Waals surface area contributed by atoms with E-state index in [-0.39, 0.29) is 24.7 Å². The number of benzene rings is 1. The third kappa shape index (κ3) is 2.36. The van der Waals surface area contributed by atoms with Gasteiger partial charge in [-0.25, -0.2) is 4.79 Å². The average molecular weight is 259 g/mol. The van der Waals surface area contributed by atoms with Crippen molar-refractivity contribution in [3.63, 3.8) is 0 Å². The highest BCUT2D eigenvalue weighted by Crippen LogP contribution is 2.34. The van der Waals surface area contributed by atoms with E-state index in [9.17, 15) is 9.90 Å². The Hall–Kier alpha value is -1.81. The fourth-order valence-corrected chi connectivity index (χ4v) is 2.93. The molecule has 4 heteroatoms. The molecule has 0 saturated carbocycles. The number of carbonyl (C=O) groups excluding carboxylic acids is 1. The summed E-state index contributed by atoms with van der Waals surface area (Å²) in [7, 11) is 0. The number of aliphatic hydroxyl groups is 1. The lowest BCUT2D eigenvalue weighted by atomic mass is 9.78. The quantitative estimate of drug-likeness (QED) is 0.827. The van der Waals surface area contributed by atoms with Crippen LogP contribution in [0.4, 0.5) is 4.79 Å². The molecule has 2 heterocycles. The van der Waals surface area contributed by atoms with E-state index in [1.807, 2.05) is 24.3 Å². The molecule has 1 aromatic rings. The third-order valence-corrected chi connectivity index (χ3v) is 3.88. The number of nitrogens with zero attached hydrogens (tertiary/aromatic N) is 1. The van der Waals surface area contributed by atoms with Gasteiger partial charge in [-0.3, -0.25) is 0 Å². The number of hydrogen-bond donors (Lipinski definition) is 1. The van der Waals surface area contributed by atoms with Gasteiger partial charge in [0.2, 0.25) is 0 Å². The molecule has 1 saturated heterocycles. The van der Waals surface area contributed by atoms with Crippen molar-refractivity contribution in [3.05, 3.63) is 42.5 Å². The summed E-state index contributed by atoms with van der Waals surface area (Å²) in [6.07, 6.45) is 4.78. The van der Waals surface area contributed by atoms with Crippen LogP contribution in [0.25, 0.3) is 0 Å². The number of fused-ring (bicyclic) bond motifs is 2. The van der Waals surface area contributed by atoms with E-state index < -0.39 is 0 Å². The van der Waals surface area contributed by atoms with E-state index in [4.69, 9.17) is 4.74 Å². The van der Waals surface area contributed by atoms with Crippen LogP contribution in [-0.2, 0) is 0 Å². The Kier molecular flexibility index (Phi) is 3.25. The largest absolute Gasteiger partial charge is 0.415 e. The van der Waals surface area contributed by atoms with Crippen LogP contribution < -0.4 is 4.74 Å². The van der Waals surface area contributed by atoms with E-state index in [0.717, 1.165) is 6.42 Å². The van der Waals surface area contributed by atoms with Crippen molar-refractivity contribution in [3.8, 4) is 5.75 Å². The zero-order valence-electron chi connectivity index (χ0n) is 10.6. The molecule has 0 aromatic heterocycles. The molecule has 1 amide bonds. The van der Waals surface area contributed by atoms with Gasteiger partial charge in [-0.1, -0.05) is 30.4 Å². The predicted octanol–water partition coefficient (Wildman–Crippen LogP) is 2.05. The molecule has 19 heavy (non-hydrogen) atoms. The Morgan fingerprint density at radius 3 is 2.79 bits per heavy atom. The highest BCUT2D eigenvalue weighted by Gasteiger charge is 2.40. The molecule has 1 N–H and O–H groups in total. The van der Waals surface area contributed by atoms with Gasteiger partial charge in [-0.05, 0) is 24.5 Å². The van der Waals surface area contributed by atoms with Crippen molar-refractivity contribution >= 4 is 6.09 Å². The number of hydrogen-bond acceptors (Lipinski definition) is 3. The van der Waals surface area contributed by atoms with Crippen LogP contribution in [0.1, 0.15) is 6.42 Å². The van der Waals surface area contributed by atoms with E-state index in [0.29, 0.717) is 18.2 Å². The molecule has 4 nitrogen and oxygen atoms in total. The highest BCUT2D eigenvalue weighted by atomic mass is 16.6. The zero-order valence-corrected chi connectivity index (χ0v) is 10.6. The number of aliphatic hydroxyl groups excluding tert-OH is 1. The van der Waals surface area contributed by atoms with Gasteiger partial charge in [0.15, 0.2) is 0 Å². The van der Waals surface area contributed by atoms with E-state index in [1.165, 1.54) is 0 Å². The Labute approximate surface area is 112 Å². The summed E-state index contributed by atoms with van der Waals surface area (Å²) < 4.78 is 5.37. The molecule has 2 unspecified atom stereocenters. The number of carbonyl (C=O) groups is 1. The fourth-order valence-electron chi connectivity index (χ4n) is 2.93. The van der Waals surface area contributed by atoms with Gasteiger partial charge >= 0.3 is 6.09 Å². The summed E-state index contributed by atoms with van der Waals surface area (Å²) >= 11 is 0. The Balaban J connectivity index is 1.72. The van der Waals surface area contributed by atoms with Crippen molar-refractivity contribution in [2.45, 2.75) is 12.5 Å². The van der Waals surface area contributed by atoms with Crippen molar-refractivity contribution in [2.75, 3.05) is 13.2 Å². The molecular weight excluding hydrogens is 242 g/mol. The minimum Gasteiger partial charge on any atom is -0.410 e. The maximum absolute atomic E-state index is 12.2. The summed E-state index contributed by atoms with van der Waals surface area (Å²) in [5.41, 5.74) is 0. The van der Waals surface area contributed by atoms with Crippen molar-refractivity contribution in [2.24, 2.45) is 11.8 Å². The number of rotatable bonds is 2. The lowest BCUT2D eigenvalue weighted by Gasteiger charge is -2.45. The molecule has 0 radical (unpaired) electrons. The topological polar surface area (TPSA) is 49.8 Å². The lowest BCUT2D eigenvalue weighted by molar-refractivity contribution is 0.0527. The van der Waals surface area contributed by atoms with Crippen molar-refractivity contribution < 1.29 is 14.6 Å². The van der Waals surface area contributed by atoms with Gasteiger partial charge in [0, 0.05) is 19.1 Å². The second kappa shape index (κ2) is 5.05. The molecule has 3 atom stereocenters. The minimum absolute atomic E-state index is 0.0359. The summed E-state index contributed by atoms with van der Waals surface area (Å²) in [5, 5.41) is 9.39. The van der Waals surface area contributed by atoms with E-state index in [2.05, 4.69) is 6.08 Å². The van der Waals surface area contributed by atoms with E-state index in [1.54, 1.807) is 17.0 Å². The Morgan fingerprint density at radius 2 is 2.11 bits per heavy atom. The normalized spacial score (nSPS) is 28.5. The van der Waals surface area contributed by atoms with Crippen LogP contribution in [0.5, 0.6) is 5.75 Å². The maximum Gasteiger partial charge on any atom is 0.415 e. The van der Waals surface area contributed by atoms with Crippen LogP contribution >= 0.6 is 0 Å². The first-order valence-electron chi connectivity index (χ1n) is 6.60. The monoisotopic (exact) mass is 259 g/mol. The van der Waals surface area contributed by atoms with Crippen molar-refractivity contribution in [1.82, 2.24) is 4.90 Å². The number of para-hydroxylation sites is 1.